The third-order valence-electron chi connectivity index (χ3n) is 3.37. The number of aromatic hydroxyl groups is 2. The fraction of sp³-hybridized carbons (Fsp3) is 0.500. The van der Waals surface area contributed by atoms with Gasteiger partial charge in [0, 0.05) is 18.7 Å². The predicted molar refractivity (Wildman–Crippen MR) is 70.6 cm³/mol. The van der Waals surface area contributed by atoms with Crippen LogP contribution >= 0.6 is 0 Å². The van der Waals surface area contributed by atoms with E-state index in [0.717, 1.165) is 0 Å². The number of hydrogen-bond donors (Lipinski definition) is 2. The van der Waals surface area contributed by atoms with Crippen LogP contribution in [0.1, 0.15) is 24.2 Å². The van der Waals surface area contributed by atoms with Crippen LogP contribution in [-0.4, -0.2) is 52.7 Å². The first-order valence-electron chi connectivity index (χ1n) is 6.38. The lowest BCUT2D eigenvalue weighted by Crippen LogP contribution is -2.49. The Morgan fingerprint density at radius 1 is 1.42 bits per heavy atom. The maximum absolute atomic E-state index is 12.2. The summed E-state index contributed by atoms with van der Waals surface area (Å²) in [6.45, 7) is 5.53. The van der Waals surface area contributed by atoms with Gasteiger partial charge in [0.25, 0.3) is 0 Å². The first-order chi connectivity index (χ1) is 8.97. The fourth-order valence-corrected chi connectivity index (χ4v) is 2.22. The van der Waals surface area contributed by atoms with Crippen LogP contribution in [0.2, 0.25) is 0 Å². The Morgan fingerprint density at radius 2 is 2.16 bits per heavy atom. The summed E-state index contributed by atoms with van der Waals surface area (Å²) >= 11 is 0. The number of benzene rings is 1. The second-order valence-corrected chi connectivity index (χ2v) is 5.05. The predicted octanol–water partition coefficient (Wildman–Crippen LogP) is 1.39. The summed E-state index contributed by atoms with van der Waals surface area (Å²) in [4.78, 5) is 14.2. The highest BCUT2D eigenvalue weighted by Crippen LogP contribution is 2.23. The van der Waals surface area contributed by atoms with Crippen molar-refractivity contribution in [2.45, 2.75) is 26.0 Å². The minimum atomic E-state index is -0.182. The zero-order valence-electron chi connectivity index (χ0n) is 11.2. The van der Waals surface area contributed by atoms with E-state index in [1.807, 2.05) is 18.7 Å². The summed E-state index contributed by atoms with van der Waals surface area (Å²) in [5, 5.41) is 18.9. The molecule has 0 saturated carbocycles. The van der Waals surface area contributed by atoms with Crippen molar-refractivity contribution in [2.75, 3.05) is 19.7 Å². The maximum atomic E-state index is 12.2. The lowest BCUT2D eigenvalue weighted by Gasteiger charge is -2.36. The smallest absolute Gasteiger partial charge is 0.180 e. The summed E-state index contributed by atoms with van der Waals surface area (Å²) in [6.07, 6.45) is 0.109. The average Bonchev–Trinajstić information content (AvgIpc) is 2.33. The molecule has 1 aromatic carbocycles. The molecule has 2 N–H and O–H groups in total. The van der Waals surface area contributed by atoms with Gasteiger partial charge >= 0.3 is 0 Å². The van der Waals surface area contributed by atoms with Gasteiger partial charge in [0.2, 0.25) is 0 Å². The van der Waals surface area contributed by atoms with Crippen LogP contribution in [0.25, 0.3) is 0 Å². The number of carbonyl (C=O) groups excluding carboxylic acids is 1. The molecule has 0 aliphatic carbocycles. The molecular weight excluding hydrogens is 246 g/mol. The molecule has 1 aromatic rings. The van der Waals surface area contributed by atoms with Crippen molar-refractivity contribution in [1.29, 1.82) is 0 Å². The van der Waals surface area contributed by atoms with Crippen LogP contribution < -0.4 is 0 Å². The van der Waals surface area contributed by atoms with Gasteiger partial charge in [-0.3, -0.25) is 9.69 Å². The van der Waals surface area contributed by atoms with Gasteiger partial charge in [0.05, 0.1) is 24.8 Å². The first-order valence-corrected chi connectivity index (χ1v) is 6.38. The largest absolute Gasteiger partial charge is 0.508 e. The third-order valence-corrected chi connectivity index (χ3v) is 3.37. The molecule has 104 valence electrons. The number of carbonyl (C=O) groups is 1. The zero-order valence-corrected chi connectivity index (χ0v) is 11.2. The highest BCUT2D eigenvalue weighted by atomic mass is 16.5. The molecule has 5 heteroatoms. The molecule has 1 fully saturated rings. The Bertz CT molecular complexity index is 475. The topological polar surface area (TPSA) is 70.0 Å². The van der Waals surface area contributed by atoms with Crippen molar-refractivity contribution in [3.8, 4) is 11.5 Å². The molecule has 2 atom stereocenters. The molecule has 0 aromatic heterocycles. The number of phenols is 2. The van der Waals surface area contributed by atoms with Crippen LogP contribution in [-0.2, 0) is 4.74 Å². The number of ketones is 1. The first kappa shape index (κ1) is 13.8. The van der Waals surface area contributed by atoms with Crippen LogP contribution in [0.15, 0.2) is 18.2 Å². The molecule has 1 heterocycles. The van der Waals surface area contributed by atoms with E-state index < -0.39 is 0 Å². The van der Waals surface area contributed by atoms with Crippen LogP contribution in [0, 0.1) is 0 Å². The maximum Gasteiger partial charge on any atom is 0.180 e. The highest BCUT2D eigenvalue weighted by Gasteiger charge is 2.26. The van der Waals surface area contributed by atoms with Gasteiger partial charge in [0.15, 0.2) is 5.78 Å². The van der Waals surface area contributed by atoms with Gasteiger partial charge in [-0.2, -0.15) is 0 Å². The van der Waals surface area contributed by atoms with Gasteiger partial charge in [0.1, 0.15) is 11.5 Å². The molecule has 19 heavy (non-hydrogen) atoms. The molecule has 1 aliphatic rings. The van der Waals surface area contributed by atoms with Crippen LogP contribution in [0.5, 0.6) is 11.5 Å². The Balaban J connectivity index is 2.07. The summed E-state index contributed by atoms with van der Waals surface area (Å²) in [5.74, 6) is -0.389. The average molecular weight is 265 g/mol. The van der Waals surface area contributed by atoms with E-state index in [1.165, 1.54) is 18.2 Å². The molecule has 0 radical (unpaired) electrons. The van der Waals surface area contributed by atoms with E-state index in [9.17, 15) is 15.0 Å². The van der Waals surface area contributed by atoms with Crippen LogP contribution in [0.4, 0.5) is 0 Å². The minimum Gasteiger partial charge on any atom is -0.508 e. The molecule has 0 bridgehead atoms. The number of hydrogen-bond acceptors (Lipinski definition) is 5. The number of phenolic OH excluding ortho intramolecular Hbond substituents is 2. The summed E-state index contributed by atoms with van der Waals surface area (Å²) in [5.41, 5.74) is 0.240. The van der Waals surface area contributed by atoms with E-state index in [1.54, 1.807) is 0 Å². The molecule has 2 unspecified atom stereocenters. The molecule has 0 amide bonds. The summed E-state index contributed by atoms with van der Waals surface area (Å²) < 4.78 is 5.51. The van der Waals surface area contributed by atoms with Crippen molar-refractivity contribution in [1.82, 2.24) is 4.90 Å². The number of ether oxygens (including phenoxy) is 1. The number of nitrogens with zero attached hydrogens (tertiary/aromatic N) is 1. The quantitative estimate of drug-likeness (QED) is 0.808. The lowest BCUT2D eigenvalue weighted by atomic mass is 10.1. The Labute approximate surface area is 112 Å². The molecular formula is C14H19NO4. The number of morpholine rings is 1. The van der Waals surface area contributed by atoms with Gasteiger partial charge in [-0.05, 0) is 26.0 Å². The van der Waals surface area contributed by atoms with Crippen LogP contribution in [0.3, 0.4) is 0 Å². The van der Waals surface area contributed by atoms with E-state index in [-0.39, 0.29) is 41.5 Å². The second-order valence-electron chi connectivity index (χ2n) is 5.05. The van der Waals surface area contributed by atoms with Gasteiger partial charge < -0.3 is 14.9 Å². The second kappa shape index (κ2) is 5.59. The van der Waals surface area contributed by atoms with Crippen molar-refractivity contribution < 1.29 is 19.7 Å². The molecule has 1 saturated heterocycles. The van der Waals surface area contributed by atoms with Crippen molar-refractivity contribution in [2.24, 2.45) is 0 Å². The van der Waals surface area contributed by atoms with Crippen molar-refractivity contribution in [3.63, 3.8) is 0 Å². The SMILES string of the molecule is CC1CN(CC(=O)c2ccc(O)cc2O)C(C)CO1. The normalized spacial score (nSPS) is 24.3. The number of rotatable bonds is 3. The van der Waals surface area contributed by atoms with E-state index in [0.29, 0.717) is 13.2 Å². The van der Waals surface area contributed by atoms with Gasteiger partial charge in [-0.25, -0.2) is 0 Å². The standard InChI is InChI=1S/C14H19NO4/c1-9-8-19-10(2)6-15(9)7-14(18)12-4-3-11(16)5-13(12)17/h3-5,9-10,16-17H,6-8H2,1-2H3. The summed E-state index contributed by atoms with van der Waals surface area (Å²) in [6, 6.07) is 4.21. The monoisotopic (exact) mass is 265 g/mol. The Kier molecular flexibility index (Phi) is 4.07. The fourth-order valence-electron chi connectivity index (χ4n) is 2.22. The van der Waals surface area contributed by atoms with Crippen molar-refractivity contribution in [3.05, 3.63) is 23.8 Å². The lowest BCUT2D eigenvalue weighted by molar-refractivity contribution is -0.0460. The minimum absolute atomic E-state index is 0.0533. The molecule has 1 aliphatic heterocycles. The molecule has 0 spiro atoms. The van der Waals surface area contributed by atoms with E-state index in [4.69, 9.17) is 4.74 Å². The van der Waals surface area contributed by atoms with Crippen molar-refractivity contribution >= 4 is 5.78 Å². The molecule has 2 rings (SSSR count). The Morgan fingerprint density at radius 3 is 2.84 bits per heavy atom. The van der Waals surface area contributed by atoms with Gasteiger partial charge in [-0.15, -0.1) is 0 Å². The number of Topliss-reactive ketones (excluding diaryl/α,β-unsaturated/α-hetero) is 1. The Hall–Kier alpha value is -1.59. The third kappa shape index (κ3) is 3.24. The summed E-state index contributed by atoms with van der Waals surface area (Å²) in [7, 11) is 0. The molecule has 5 nitrogen and oxygen atoms in total. The van der Waals surface area contributed by atoms with E-state index in [2.05, 4.69) is 0 Å². The highest BCUT2D eigenvalue weighted by molar-refractivity contribution is 6.00. The van der Waals surface area contributed by atoms with Gasteiger partial charge in [-0.1, -0.05) is 0 Å². The van der Waals surface area contributed by atoms with E-state index >= 15 is 0 Å². The zero-order chi connectivity index (χ0) is 14.0.